The van der Waals surface area contributed by atoms with Crippen LogP contribution in [-0.2, 0) is 0 Å². The van der Waals surface area contributed by atoms with Crippen molar-refractivity contribution in [1.29, 1.82) is 0 Å². The molecule has 0 amide bonds. The molecular weight excluding hydrogens is 297 g/mol. The first-order valence-corrected chi connectivity index (χ1v) is 9.22. The molecule has 1 nitrogen and oxygen atoms in total. The molecule has 112 valence electrons. The minimum absolute atomic E-state index is 0.443. The van der Waals surface area contributed by atoms with Gasteiger partial charge < -0.3 is 4.90 Å². The van der Waals surface area contributed by atoms with Gasteiger partial charge in [-0.2, -0.15) is 0 Å². The Morgan fingerprint density at radius 2 is 1.30 bits per heavy atom. The number of nitrogens with zero attached hydrogens (tertiary/aromatic N) is 1. The Balaban J connectivity index is 1.88. The molecule has 1 heterocycles. The Bertz CT molecular complexity index is 840. The van der Waals surface area contributed by atoms with Crippen LogP contribution < -0.4 is 15.5 Å². The largest absolute Gasteiger partial charge is 0.314 e. The molecule has 2 heteroatoms. The Morgan fingerprint density at radius 3 is 2.04 bits per heavy atom. The predicted molar refractivity (Wildman–Crippen MR) is 101 cm³/mol. The van der Waals surface area contributed by atoms with Gasteiger partial charge in [0.25, 0.3) is 0 Å². The second-order valence-electron chi connectivity index (χ2n) is 5.64. The van der Waals surface area contributed by atoms with Crippen molar-refractivity contribution in [3.05, 3.63) is 96.4 Å². The van der Waals surface area contributed by atoms with Crippen molar-refractivity contribution in [1.82, 2.24) is 0 Å². The van der Waals surface area contributed by atoms with Crippen LogP contribution in [0.5, 0.6) is 0 Å². The highest BCUT2D eigenvalue weighted by Crippen LogP contribution is 2.46. The minimum Gasteiger partial charge on any atom is -0.314 e. The smallest absolute Gasteiger partial charge is 0.0541 e. The van der Waals surface area contributed by atoms with Crippen LogP contribution in [0.1, 0.15) is 6.92 Å². The zero-order valence-corrected chi connectivity index (χ0v) is 13.9. The summed E-state index contributed by atoms with van der Waals surface area (Å²) in [5.41, 5.74) is 3.81. The first-order valence-electron chi connectivity index (χ1n) is 7.81. The van der Waals surface area contributed by atoms with Gasteiger partial charge in [0.15, 0.2) is 0 Å². The van der Waals surface area contributed by atoms with E-state index in [1.807, 2.05) is 0 Å². The molecule has 1 aliphatic rings. The van der Waals surface area contributed by atoms with Crippen LogP contribution in [0.25, 0.3) is 0 Å². The molecule has 0 saturated carbocycles. The summed E-state index contributed by atoms with van der Waals surface area (Å²) in [4.78, 5) is 2.36. The summed E-state index contributed by atoms with van der Waals surface area (Å²) in [5.74, 6) is 2.43. The summed E-state index contributed by atoms with van der Waals surface area (Å²) >= 11 is 0. The van der Waals surface area contributed by atoms with Gasteiger partial charge in [0.1, 0.15) is 0 Å². The second-order valence-corrected chi connectivity index (χ2v) is 7.63. The van der Waals surface area contributed by atoms with Gasteiger partial charge in [-0.3, -0.25) is 0 Å². The third-order valence-corrected chi connectivity index (χ3v) is 6.48. The molecule has 4 rings (SSSR count). The van der Waals surface area contributed by atoms with Crippen LogP contribution in [0.2, 0.25) is 0 Å². The SMILES string of the molecule is CC1=CP(c2ccccc2)c2ccccc2N1c1ccccc1. The molecule has 0 aromatic heterocycles. The molecule has 0 spiro atoms. The maximum Gasteiger partial charge on any atom is 0.0541 e. The first-order chi connectivity index (χ1) is 11.3. The molecule has 0 N–H and O–H groups in total. The third-order valence-electron chi connectivity index (χ3n) is 4.10. The van der Waals surface area contributed by atoms with Crippen molar-refractivity contribution >= 4 is 29.9 Å². The van der Waals surface area contributed by atoms with Gasteiger partial charge in [-0.1, -0.05) is 66.7 Å². The summed E-state index contributed by atoms with van der Waals surface area (Å²) in [7, 11) is -0.443. The lowest BCUT2D eigenvalue weighted by atomic mass is 10.2. The Labute approximate surface area is 138 Å². The number of hydrogen-bond donors (Lipinski definition) is 0. The van der Waals surface area contributed by atoms with Gasteiger partial charge in [0.2, 0.25) is 0 Å². The highest BCUT2D eigenvalue weighted by Gasteiger charge is 2.25. The van der Waals surface area contributed by atoms with Gasteiger partial charge >= 0.3 is 0 Å². The van der Waals surface area contributed by atoms with Crippen molar-refractivity contribution < 1.29 is 0 Å². The Morgan fingerprint density at radius 1 is 0.696 bits per heavy atom. The van der Waals surface area contributed by atoms with Crippen molar-refractivity contribution in [2.75, 3.05) is 4.90 Å². The van der Waals surface area contributed by atoms with Gasteiger partial charge in [-0.05, 0) is 44.2 Å². The molecule has 0 fully saturated rings. The van der Waals surface area contributed by atoms with Crippen molar-refractivity contribution in [2.24, 2.45) is 0 Å². The molecule has 1 unspecified atom stereocenters. The number of para-hydroxylation sites is 2. The number of rotatable bonds is 2. The van der Waals surface area contributed by atoms with E-state index >= 15 is 0 Å². The summed E-state index contributed by atoms with van der Waals surface area (Å²) in [6.45, 7) is 2.21. The molecule has 1 aliphatic heterocycles. The second kappa shape index (κ2) is 6.02. The molecular formula is C21H18NP. The lowest BCUT2D eigenvalue weighted by Gasteiger charge is -2.35. The zero-order chi connectivity index (χ0) is 15.6. The monoisotopic (exact) mass is 315 g/mol. The van der Waals surface area contributed by atoms with E-state index in [9.17, 15) is 0 Å². The van der Waals surface area contributed by atoms with Crippen LogP contribution >= 0.6 is 7.92 Å². The average molecular weight is 315 g/mol. The quantitative estimate of drug-likeness (QED) is 0.592. The summed E-state index contributed by atoms with van der Waals surface area (Å²) in [5, 5.41) is 2.82. The van der Waals surface area contributed by atoms with Crippen molar-refractivity contribution in [3.63, 3.8) is 0 Å². The van der Waals surface area contributed by atoms with Crippen LogP contribution in [0.4, 0.5) is 11.4 Å². The van der Waals surface area contributed by atoms with E-state index in [4.69, 9.17) is 0 Å². The van der Waals surface area contributed by atoms with Crippen LogP contribution in [0.15, 0.2) is 96.4 Å². The zero-order valence-electron chi connectivity index (χ0n) is 13.1. The molecule has 3 aromatic rings. The average Bonchev–Trinajstić information content (AvgIpc) is 2.62. The van der Waals surface area contributed by atoms with Crippen molar-refractivity contribution in [3.8, 4) is 0 Å². The van der Waals surface area contributed by atoms with E-state index in [1.165, 1.54) is 27.7 Å². The molecule has 0 aliphatic carbocycles. The van der Waals surface area contributed by atoms with E-state index in [-0.39, 0.29) is 0 Å². The molecule has 0 saturated heterocycles. The van der Waals surface area contributed by atoms with Gasteiger partial charge in [-0.25, -0.2) is 0 Å². The van der Waals surface area contributed by atoms with Gasteiger partial charge in [0, 0.05) is 16.7 Å². The molecule has 23 heavy (non-hydrogen) atoms. The van der Waals surface area contributed by atoms with Crippen molar-refractivity contribution in [2.45, 2.75) is 6.92 Å². The standard InChI is InChI=1S/C21H18NP/c1-17-16-23(19-12-6-3-7-13-19)21-15-9-8-14-20(21)22(17)18-10-4-2-5-11-18/h2-16H,1H3. The normalized spacial score (nSPS) is 16.7. The Hall–Kier alpha value is -2.37. The van der Waals surface area contributed by atoms with E-state index in [0.29, 0.717) is 0 Å². The van der Waals surface area contributed by atoms with E-state index in [2.05, 4.69) is 103 Å². The number of allylic oxidation sites excluding steroid dienone is 1. The highest BCUT2D eigenvalue weighted by molar-refractivity contribution is 7.76. The number of fused-ring (bicyclic) bond motifs is 1. The fourth-order valence-electron chi connectivity index (χ4n) is 3.08. The number of benzene rings is 3. The summed E-state index contributed by atoms with van der Waals surface area (Å²) in [6, 6.07) is 30.2. The topological polar surface area (TPSA) is 3.24 Å². The molecule has 0 radical (unpaired) electrons. The lowest BCUT2D eigenvalue weighted by Crippen LogP contribution is -2.26. The summed E-state index contributed by atoms with van der Waals surface area (Å²) < 4.78 is 0. The fourth-order valence-corrected chi connectivity index (χ4v) is 5.30. The number of anilines is 2. The maximum absolute atomic E-state index is 2.43. The molecule has 1 atom stereocenters. The maximum atomic E-state index is 2.43. The fraction of sp³-hybridized carbons (Fsp3) is 0.0476. The predicted octanol–water partition coefficient (Wildman–Crippen LogP) is 5.13. The first kappa shape index (κ1) is 14.2. The minimum atomic E-state index is -0.443. The van der Waals surface area contributed by atoms with Gasteiger partial charge in [-0.15, -0.1) is 0 Å². The van der Waals surface area contributed by atoms with E-state index < -0.39 is 7.92 Å². The van der Waals surface area contributed by atoms with Gasteiger partial charge in [0.05, 0.1) is 5.69 Å². The van der Waals surface area contributed by atoms with Crippen LogP contribution in [-0.4, -0.2) is 0 Å². The highest BCUT2D eigenvalue weighted by atomic mass is 31.1. The number of hydrogen-bond acceptors (Lipinski definition) is 1. The van der Waals surface area contributed by atoms with Crippen LogP contribution in [0, 0.1) is 0 Å². The van der Waals surface area contributed by atoms with Crippen LogP contribution in [0.3, 0.4) is 0 Å². The molecule has 0 bridgehead atoms. The van der Waals surface area contributed by atoms with E-state index in [1.54, 1.807) is 0 Å². The molecule has 3 aromatic carbocycles. The Kier molecular flexibility index (Phi) is 3.73. The summed E-state index contributed by atoms with van der Waals surface area (Å²) in [6.07, 6.45) is 0. The lowest BCUT2D eigenvalue weighted by molar-refractivity contribution is 1.16. The third kappa shape index (κ3) is 2.58. The van der Waals surface area contributed by atoms with E-state index in [0.717, 1.165) is 0 Å².